The van der Waals surface area contributed by atoms with Gasteiger partial charge in [0.05, 0.1) is 14.1 Å². The molecule has 0 amide bonds. The maximum absolute atomic E-state index is 13.2. The van der Waals surface area contributed by atoms with Crippen molar-refractivity contribution >= 4 is 0 Å². The first kappa shape index (κ1) is 15.5. The molecule has 0 bridgehead atoms. The number of halogens is 1. The molecule has 1 heterocycles. The Kier molecular flexibility index (Phi) is 4.58. The van der Waals surface area contributed by atoms with E-state index in [0.717, 1.165) is 5.56 Å². The lowest BCUT2D eigenvalue weighted by Gasteiger charge is -2.21. The monoisotopic (exact) mass is 309 g/mol. The summed E-state index contributed by atoms with van der Waals surface area (Å²) in [6.45, 7) is 0.672. The number of nitrogens with one attached hydrogen (secondary N) is 1. The summed E-state index contributed by atoms with van der Waals surface area (Å²) in [5.74, 6) is -0.190. The number of benzene rings is 1. The highest BCUT2D eigenvalue weighted by molar-refractivity contribution is 5.50. The van der Waals surface area contributed by atoms with Crippen molar-refractivity contribution in [2.75, 3.05) is 14.1 Å². The molecule has 1 aromatic rings. The van der Waals surface area contributed by atoms with Crippen LogP contribution in [-0.4, -0.2) is 25.0 Å². The average molecular weight is 309 g/mol. The number of hydrogen-bond donors (Lipinski definition) is 1. The fraction of sp³-hybridized carbons (Fsp3) is 0.200. The van der Waals surface area contributed by atoms with E-state index in [2.05, 4.69) is 55.5 Å². The lowest BCUT2D eigenvalue weighted by Crippen LogP contribution is -3.09. The van der Waals surface area contributed by atoms with E-state index < -0.39 is 0 Å². The Hall–Kier alpha value is -2.39. The maximum Gasteiger partial charge on any atom is 0.125 e. The van der Waals surface area contributed by atoms with Crippen molar-refractivity contribution in [3.63, 3.8) is 0 Å². The highest BCUT2D eigenvalue weighted by Crippen LogP contribution is 2.20. The topological polar surface area (TPSA) is 7.68 Å². The molecule has 0 aromatic heterocycles. The van der Waals surface area contributed by atoms with Crippen LogP contribution in [0, 0.1) is 5.82 Å². The van der Waals surface area contributed by atoms with Gasteiger partial charge in [-0.25, -0.2) is 4.39 Å². The zero-order valence-electron chi connectivity index (χ0n) is 13.5. The molecule has 2 nitrogen and oxygen atoms in total. The molecule has 0 saturated carbocycles. The SMILES string of the molecule is C[NH+](C)C1C=CC(=C2C=CN(Cc3cccc(F)c3)C=C2)C=C1. The smallest absolute Gasteiger partial charge is 0.125 e. The zero-order valence-corrected chi connectivity index (χ0v) is 13.5. The fourth-order valence-electron chi connectivity index (χ4n) is 2.71. The molecule has 3 rings (SSSR count). The molecule has 1 aliphatic carbocycles. The second-order valence-electron chi connectivity index (χ2n) is 6.17. The van der Waals surface area contributed by atoms with Crippen molar-refractivity contribution < 1.29 is 9.29 Å². The van der Waals surface area contributed by atoms with Gasteiger partial charge in [-0.05, 0) is 53.1 Å². The minimum absolute atomic E-state index is 0.190. The Balaban J connectivity index is 1.68. The third kappa shape index (κ3) is 3.88. The van der Waals surface area contributed by atoms with Gasteiger partial charge < -0.3 is 9.80 Å². The van der Waals surface area contributed by atoms with Crippen molar-refractivity contribution in [1.82, 2.24) is 4.90 Å². The molecule has 0 fully saturated rings. The molecular weight excluding hydrogens is 287 g/mol. The van der Waals surface area contributed by atoms with Crippen molar-refractivity contribution in [2.45, 2.75) is 12.6 Å². The first-order valence-corrected chi connectivity index (χ1v) is 7.89. The van der Waals surface area contributed by atoms with E-state index in [1.165, 1.54) is 22.1 Å². The van der Waals surface area contributed by atoms with Crippen LogP contribution in [0.2, 0.25) is 0 Å². The van der Waals surface area contributed by atoms with Crippen molar-refractivity contribution in [2.24, 2.45) is 0 Å². The molecule has 118 valence electrons. The highest BCUT2D eigenvalue weighted by Gasteiger charge is 2.12. The van der Waals surface area contributed by atoms with Crippen LogP contribution in [0.1, 0.15) is 5.56 Å². The number of quaternary nitrogens is 1. The van der Waals surface area contributed by atoms with E-state index in [9.17, 15) is 4.39 Å². The molecule has 0 atom stereocenters. The lowest BCUT2D eigenvalue weighted by atomic mass is 9.99. The Bertz CT molecular complexity index is 691. The molecule has 1 N–H and O–H groups in total. The second kappa shape index (κ2) is 6.80. The van der Waals surface area contributed by atoms with E-state index in [-0.39, 0.29) is 5.82 Å². The molecule has 3 heteroatoms. The minimum atomic E-state index is -0.190. The molecule has 1 aromatic carbocycles. The molecular formula is C20H22FN2+. The first-order chi connectivity index (χ1) is 11.1. The Labute approximate surface area is 137 Å². The van der Waals surface area contributed by atoms with Gasteiger partial charge in [-0.2, -0.15) is 0 Å². The van der Waals surface area contributed by atoms with Gasteiger partial charge in [-0.15, -0.1) is 0 Å². The first-order valence-electron chi connectivity index (χ1n) is 7.89. The third-order valence-electron chi connectivity index (χ3n) is 4.11. The number of nitrogens with zero attached hydrogens (tertiary/aromatic N) is 1. The van der Waals surface area contributed by atoms with Crippen LogP contribution in [0.4, 0.5) is 4.39 Å². The predicted octanol–water partition coefficient (Wildman–Crippen LogP) is 2.60. The summed E-state index contributed by atoms with van der Waals surface area (Å²) in [5.41, 5.74) is 3.38. The van der Waals surface area contributed by atoms with Crippen LogP contribution in [0.3, 0.4) is 0 Å². The molecule has 0 spiro atoms. The van der Waals surface area contributed by atoms with Crippen molar-refractivity contribution in [3.05, 3.63) is 95.6 Å². The largest absolute Gasteiger partial charge is 0.350 e. The summed E-state index contributed by atoms with van der Waals surface area (Å²) in [6.07, 6.45) is 17.1. The predicted molar refractivity (Wildman–Crippen MR) is 92.1 cm³/mol. The van der Waals surface area contributed by atoms with Crippen molar-refractivity contribution in [1.29, 1.82) is 0 Å². The van der Waals surface area contributed by atoms with E-state index in [0.29, 0.717) is 12.6 Å². The van der Waals surface area contributed by atoms with Gasteiger partial charge in [-0.1, -0.05) is 24.3 Å². The molecule has 0 unspecified atom stereocenters. The summed E-state index contributed by atoms with van der Waals surface area (Å²) in [4.78, 5) is 3.46. The number of allylic oxidation sites excluding steroid dienone is 6. The van der Waals surface area contributed by atoms with Gasteiger partial charge in [0.25, 0.3) is 0 Å². The van der Waals surface area contributed by atoms with Gasteiger partial charge in [0.1, 0.15) is 11.9 Å². The minimum Gasteiger partial charge on any atom is -0.350 e. The van der Waals surface area contributed by atoms with E-state index in [4.69, 9.17) is 0 Å². The summed E-state index contributed by atoms with van der Waals surface area (Å²) in [7, 11) is 4.31. The number of likely N-dealkylation sites (N-methyl/N-ethyl adjacent to an activating group) is 1. The lowest BCUT2D eigenvalue weighted by molar-refractivity contribution is -0.871. The van der Waals surface area contributed by atoms with Crippen LogP contribution in [0.25, 0.3) is 0 Å². The zero-order chi connectivity index (χ0) is 16.2. The molecule has 0 radical (unpaired) electrons. The summed E-state index contributed by atoms with van der Waals surface area (Å²) in [5, 5.41) is 0. The molecule has 1 aliphatic heterocycles. The van der Waals surface area contributed by atoms with Gasteiger partial charge in [-0.3, -0.25) is 0 Å². The summed E-state index contributed by atoms with van der Waals surface area (Å²) >= 11 is 0. The maximum atomic E-state index is 13.2. The van der Waals surface area contributed by atoms with Crippen LogP contribution in [-0.2, 0) is 6.54 Å². The second-order valence-corrected chi connectivity index (χ2v) is 6.17. The molecule has 23 heavy (non-hydrogen) atoms. The molecule has 0 saturated heterocycles. The van der Waals surface area contributed by atoms with Crippen LogP contribution >= 0.6 is 0 Å². The standard InChI is InChI=1S/C20H21FN2/c1-22(2)20-8-6-17(7-9-20)18-10-12-23(13-11-18)15-16-4-3-5-19(21)14-16/h3-14,20H,15H2,1-2H3/p+1. The number of rotatable bonds is 3. The third-order valence-corrected chi connectivity index (χ3v) is 4.11. The number of hydrogen-bond acceptors (Lipinski definition) is 1. The fourth-order valence-corrected chi connectivity index (χ4v) is 2.71. The Morgan fingerprint density at radius 3 is 2.26 bits per heavy atom. The average Bonchev–Trinajstić information content (AvgIpc) is 2.56. The Morgan fingerprint density at radius 1 is 1.00 bits per heavy atom. The van der Waals surface area contributed by atoms with Gasteiger partial charge in [0.2, 0.25) is 0 Å². The quantitative estimate of drug-likeness (QED) is 0.902. The summed E-state index contributed by atoms with van der Waals surface area (Å²) in [6, 6.07) is 7.18. The van der Waals surface area contributed by atoms with Crippen LogP contribution in [0.5, 0.6) is 0 Å². The van der Waals surface area contributed by atoms with Crippen LogP contribution in [0.15, 0.2) is 84.3 Å². The van der Waals surface area contributed by atoms with E-state index in [1.807, 2.05) is 18.5 Å². The summed E-state index contributed by atoms with van der Waals surface area (Å²) < 4.78 is 13.2. The van der Waals surface area contributed by atoms with Gasteiger partial charge in [0.15, 0.2) is 0 Å². The molecule has 2 aliphatic rings. The van der Waals surface area contributed by atoms with Crippen LogP contribution < -0.4 is 4.90 Å². The Morgan fingerprint density at radius 2 is 1.65 bits per heavy atom. The van der Waals surface area contributed by atoms with Gasteiger partial charge >= 0.3 is 0 Å². The van der Waals surface area contributed by atoms with Gasteiger partial charge in [0, 0.05) is 18.9 Å². The van der Waals surface area contributed by atoms with E-state index >= 15 is 0 Å². The van der Waals surface area contributed by atoms with Crippen molar-refractivity contribution in [3.8, 4) is 0 Å². The highest BCUT2D eigenvalue weighted by atomic mass is 19.1. The normalized spacial score (nSPS) is 20.0. The van der Waals surface area contributed by atoms with E-state index in [1.54, 1.807) is 12.1 Å².